The molecule has 0 saturated heterocycles. The summed E-state index contributed by atoms with van der Waals surface area (Å²) in [5, 5.41) is 9.37. The number of carbonyl (C=O) groups excluding carboxylic acids is 1. The highest BCUT2D eigenvalue weighted by molar-refractivity contribution is 6.14. The molecule has 0 atom stereocenters. The lowest BCUT2D eigenvalue weighted by Crippen LogP contribution is -2.07. The highest BCUT2D eigenvalue weighted by Crippen LogP contribution is 2.21. The first-order chi connectivity index (χ1) is 11.3. The molecule has 124 valence electrons. The van der Waals surface area contributed by atoms with Gasteiger partial charge in [-0.15, -0.1) is 0 Å². The first-order valence-electron chi connectivity index (χ1n) is 7.92. The monoisotopic (exact) mass is 324 g/mol. The fourth-order valence-electron chi connectivity index (χ4n) is 2.68. The molecular weight excluding hydrogens is 303 g/mol. The number of allylic oxidation sites excluding steroid dienone is 1. The van der Waals surface area contributed by atoms with Crippen LogP contribution in [0.5, 0.6) is 0 Å². The number of rotatable bonds is 5. The van der Waals surface area contributed by atoms with E-state index in [1.54, 1.807) is 6.08 Å². The van der Waals surface area contributed by atoms with Crippen LogP contribution in [0.1, 0.15) is 41.2 Å². The van der Waals surface area contributed by atoms with Gasteiger partial charge in [-0.05, 0) is 61.7 Å². The quantitative estimate of drug-likeness (QED) is 0.455. The normalized spacial score (nSPS) is 11.6. The number of carbonyl (C=O) groups is 1. The molecule has 0 aliphatic rings. The van der Waals surface area contributed by atoms with Crippen LogP contribution in [0.15, 0.2) is 35.9 Å². The molecule has 0 amide bonds. The van der Waals surface area contributed by atoms with E-state index in [-0.39, 0.29) is 5.57 Å². The Kier molecular flexibility index (Phi) is 5.35. The molecule has 24 heavy (non-hydrogen) atoms. The van der Waals surface area contributed by atoms with Crippen LogP contribution in [0, 0.1) is 36.9 Å². The zero-order valence-corrected chi connectivity index (χ0v) is 14.4. The van der Waals surface area contributed by atoms with Crippen molar-refractivity contribution in [2.45, 2.75) is 34.2 Å². The molecule has 2 aromatic rings. The first-order valence-corrected chi connectivity index (χ1v) is 7.92. The minimum atomic E-state index is -0.411. The second kappa shape index (κ2) is 7.27. The molecule has 0 saturated carbocycles. The van der Waals surface area contributed by atoms with Crippen molar-refractivity contribution in [2.75, 3.05) is 0 Å². The van der Waals surface area contributed by atoms with Gasteiger partial charge in [0.25, 0.3) is 0 Å². The molecule has 0 radical (unpaired) electrons. The molecule has 4 heteroatoms. The highest BCUT2D eigenvalue weighted by Gasteiger charge is 2.15. The zero-order chi connectivity index (χ0) is 17.9. The maximum Gasteiger partial charge on any atom is 0.203 e. The fraction of sp³-hybridized carbons (Fsp3) is 0.300. The Morgan fingerprint density at radius 3 is 2.46 bits per heavy atom. The van der Waals surface area contributed by atoms with Crippen LogP contribution in [-0.4, -0.2) is 10.4 Å². The number of hydrogen-bond acceptors (Lipinski definition) is 2. The molecule has 1 heterocycles. The zero-order valence-electron chi connectivity index (χ0n) is 14.4. The van der Waals surface area contributed by atoms with Gasteiger partial charge in [-0.2, -0.15) is 5.26 Å². The van der Waals surface area contributed by atoms with Crippen molar-refractivity contribution in [3.8, 4) is 6.07 Å². The number of halogens is 1. The second-order valence-corrected chi connectivity index (χ2v) is 6.34. The Morgan fingerprint density at radius 2 is 1.92 bits per heavy atom. The Labute approximate surface area is 142 Å². The minimum Gasteiger partial charge on any atom is -0.348 e. The lowest BCUT2D eigenvalue weighted by atomic mass is 10.0. The molecule has 0 bridgehead atoms. The van der Waals surface area contributed by atoms with E-state index in [0.29, 0.717) is 11.5 Å². The van der Waals surface area contributed by atoms with Crippen LogP contribution in [0.2, 0.25) is 0 Å². The van der Waals surface area contributed by atoms with Gasteiger partial charge < -0.3 is 4.57 Å². The number of benzene rings is 1. The number of ketones is 1. The smallest absolute Gasteiger partial charge is 0.203 e. The number of Topliss-reactive ketones (excluding diaryl/α,β-unsaturated/α-hetero) is 1. The molecule has 1 aromatic carbocycles. The Hall–Kier alpha value is -2.67. The minimum absolute atomic E-state index is 0.0476. The van der Waals surface area contributed by atoms with Gasteiger partial charge in [-0.25, -0.2) is 4.39 Å². The van der Waals surface area contributed by atoms with Crippen LogP contribution in [0.4, 0.5) is 4.39 Å². The summed E-state index contributed by atoms with van der Waals surface area (Å²) in [6, 6.07) is 9.17. The van der Waals surface area contributed by atoms with E-state index in [1.807, 2.05) is 26.0 Å². The maximum absolute atomic E-state index is 13.0. The molecule has 0 aliphatic carbocycles. The van der Waals surface area contributed by atoms with Crippen molar-refractivity contribution in [1.29, 1.82) is 5.26 Å². The van der Waals surface area contributed by atoms with Gasteiger partial charge in [-0.1, -0.05) is 13.8 Å². The summed E-state index contributed by atoms with van der Waals surface area (Å²) in [5.74, 6) is -0.305. The lowest BCUT2D eigenvalue weighted by molar-refractivity contribution is 0.104. The summed E-state index contributed by atoms with van der Waals surface area (Å²) in [6.45, 7) is 9.18. The summed E-state index contributed by atoms with van der Waals surface area (Å²) >= 11 is 0. The lowest BCUT2D eigenvalue weighted by Gasteiger charge is -2.12. The third-order valence-electron chi connectivity index (χ3n) is 3.93. The van der Waals surface area contributed by atoms with Crippen LogP contribution in [-0.2, 0) is 6.54 Å². The van der Waals surface area contributed by atoms with Gasteiger partial charge >= 0.3 is 0 Å². The van der Waals surface area contributed by atoms with E-state index < -0.39 is 11.6 Å². The second-order valence-electron chi connectivity index (χ2n) is 6.34. The highest BCUT2D eigenvalue weighted by atomic mass is 19.1. The third kappa shape index (κ3) is 3.80. The van der Waals surface area contributed by atoms with Gasteiger partial charge in [0, 0.05) is 23.5 Å². The molecule has 0 unspecified atom stereocenters. The molecule has 0 fully saturated rings. The number of aromatic nitrogens is 1. The van der Waals surface area contributed by atoms with Gasteiger partial charge in [0.15, 0.2) is 0 Å². The van der Waals surface area contributed by atoms with Gasteiger partial charge in [0.1, 0.15) is 17.5 Å². The Morgan fingerprint density at radius 1 is 1.29 bits per heavy atom. The number of nitriles is 1. The van der Waals surface area contributed by atoms with Crippen LogP contribution < -0.4 is 0 Å². The van der Waals surface area contributed by atoms with Crippen molar-refractivity contribution in [3.05, 3.63) is 64.2 Å². The fourth-order valence-corrected chi connectivity index (χ4v) is 2.68. The number of hydrogen-bond donors (Lipinski definition) is 0. The summed E-state index contributed by atoms with van der Waals surface area (Å²) in [5.41, 5.74) is 3.34. The Balaban J connectivity index is 2.39. The van der Waals surface area contributed by atoms with Crippen LogP contribution >= 0.6 is 0 Å². The van der Waals surface area contributed by atoms with E-state index >= 15 is 0 Å². The molecule has 2 rings (SSSR count). The topological polar surface area (TPSA) is 45.8 Å². The summed E-state index contributed by atoms with van der Waals surface area (Å²) in [4.78, 5) is 12.5. The summed E-state index contributed by atoms with van der Waals surface area (Å²) in [7, 11) is 0. The molecule has 3 nitrogen and oxygen atoms in total. The van der Waals surface area contributed by atoms with E-state index in [0.717, 1.165) is 23.5 Å². The molecular formula is C20H21FN2O. The molecule has 0 aliphatic heterocycles. The van der Waals surface area contributed by atoms with Crippen molar-refractivity contribution in [2.24, 2.45) is 5.92 Å². The van der Waals surface area contributed by atoms with Crippen molar-refractivity contribution < 1.29 is 9.18 Å². The Bertz CT molecular complexity index is 821. The SMILES string of the molecule is Cc1cc(/C=C(\C#N)C(=O)c2ccc(F)cc2)c(C)n1CC(C)C. The molecule has 0 spiro atoms. The van der Waals surface area contributed by atoms with E-state index in [9.17, 15) is 14.4 Å². The van der Waals surface area contributed by atoms with E-state index in [4.69, 9.17) is 0 Å². The van der Waals surface area contributed by atoms with E-state index in [2.05, 4.69) is 18.4 Å². The standard InChI is InChI=1S/C20H21FN2O/c1-13(2)12-23-14(3)9-17(15(23)4)10-18(11-22)20(24)16-5-7-19(21)8-6-16/h5-10,13H,12H2,1-4H3/b18-10+. The van der Waals surface area contributed by atoms with Crippen molar-refractivity contribution in [3.63, 3.8) is 0 Å². The van der Waals surface area contributed by atoms with Crippen LogP contribution in [0.3, 0.4) is 0 Å². The summed E-state index contributed by atoms with van der Waals surface area (Å²) in [6.07, 6.45) is 1.62. The average molecular weight is 324 g/mol. The molecule has 1 aromatic heterocycles. The van der Waals surface area contributed by atoms with Crippen LogP contribution in [0.25, 0.3) is 6.08 Å². The largest absolute Gasteiger partial charge is 0.348 e. The van der Waals surface area contributed by atoms with Gasteiger partial charge in [-0.3, -0.25) is 4.79 Å². The molecule has 0 N–H and O–H groups in total. The van der Waals surface area contributed by atoms with Crippen molar-refractivity contribution in [1.82, 2.24) is 4.57 Å². The predicted molar refractivity (Wildman–Crippen MR) is 93.1 cm³/mol. The third-order valence-corrected chi connectivity index (χ3v) is 3.93. The maximum atomic E-state index is 13.0. The average Bonchev–Trinajstić information content (AvgIpc) is 2.79. The van der Waals surface area contributed by atoms with Gasteiger partial charge in [0.2, 0.25) is 5.78 Å². The van der Waals surface area contributed by atoms with E-state index in [1.165, 1.54) is 24.3 Å². The first kappa shape index (κ1) is 17.7. The summed E-state index contributed by atoms with van der Waals surface area (Å²) < 4.78 is 15.2. The number of aryl methyl sites for hydroxylation is 1. The van der Waals surface area contributed by atoms with Gasteiger partial charge in [0.05, 0.1) is 0 Å². The van der Waals surface area contributed by atoms with Crippen molar-refractivity contribution >= 4 is 11.9 Å². The number of nitrogens with zero attached hydrogens (tertiary/aromatic N) is 2. The predicted octanol–water partition coefficient (Wildman–Crippen LogP) is 4.69.